The van der Waals surface area contributed by atoms with Gasteiger partial charge in [-0.3, -0.25) is 5.10 Å². The monoisotopic (exact) mass is 428 g/mol. The predicted molar refractivity (Wildman–Crippen MR) is 111 cm³/mol. The minimum atomic E-state index is -0.676. The Labute approximate surface area is 179 Å². The van der Waals surface area contributed by atoms with E-state index in [1.807, 2.05) is 49.0 Å². The number of hydrogen-bond acceptors (Lipinski definition) is 9. The number of rotatable bonds is 5. The SMILES string of the molecule is Cc1cc(-c2nnc3c4ccccc4c(OC(c4cn(C)cn4)c4nc[nH]n4)nn23)no1. The summed E-state index contributed by atoms with van der Waals surface area (Å²) in [6.07, 6.45) is 4.36. The summed E-state index contributed by atoms with van der Waals surface area (Å²) in [7, 11) is 1.88. The fourth-order valence-electron chi connectivity index (χ4n) is 3.54. The Bertz CT molecular complexity index is 1550. The fourth-order valence-corrected chi connectivity index (χ4v) is 3.54. The smallest absolute Gasteiger partial charge is 0.241 e. The molecular weight excluding hydrogens is 412 g/mol. The van der Waals surface area contributed by atoms with Crippen molar-refractivity contribution in [1.82, 2.24) is 49.7 Å². The minimum absolute atomic E-state index is 0.356. The summed E-state index contributed by atoms with van der Waals surface area (Å²) in [5, 5.41) is 25.9. The number of nitrogens with one attached hydrogen (secondary N) is 1. The molecule has 1 atom stereocenters. The summed E-state index contributed by atoms with van der Waals surface area (Å²) < 4.78 is 15.0. The Morgan fingerprint density at radius 1 is 1.12 bits per heavy atom. The first kappa shape index (κ1) is 18.2. The van der Waals surface area contributed by atoms with E-state index in [0.29, 0.717) is 40.3 Å². The molecule has 0 bridgehead atoms. The van der Waals surface area contributed by atoms with Crippen LogP contribution in [-0.4, -0.2) is 49.7 Å². The molecule has 32 heavy (non-hydrogen) atoms. The molecule has 0 aliphatic rings. The van der Waals surface area contributed by atoms with Gasteiger partial charge in [0, 0.05) is 30.1 Å². The molecule has 5 aromatic heterocycles. The van der Waals surface area contributed by atoms with E-state index in [9.17, 15) is 0 Å². The lowest BCUT2D eigenvalue weighted by molar-refractivity contribution is 0.223. The number of fused-ring (bicyclic) bond motifs is 3. The summed E-state index contributed by atoms with van der Waals surface area (Å²) >= 11 is 0. The fraction of sp³-hybridized carbons (Fsp3) is 0.150. The van der Waals surface area contributed by atoms with Gasteiger partial charge in [0.25, 0.3) is 0 Å². The van der Waals surface area contributed by atoms with Crippen LogP contribution in [0.15, 0.2) is 53.7 Å². The van der Waals surface area contributed by atoms with Crippen LogP contribution >= 0.6 is 0 Å². The molecule has 0 radical (unpaired) electrons. The first-order valence-electron chi connectivity index (χ1n) is 9.75. The number of imidazole rings is 1. The molecule has 0 fully saturated rings. The lowest BCUT2D eigenvalue weighted by atomic mass is 10.2. The third-order valence-electron chi connectivity index (χ3n) is 4.98. The molecular formula is C20H16N10O2. The van der Waals surface area contributed by atoms with E-state index in [2.05, 4.69) is 35.5 Å². The molecule has 1 aromatic carbocycles. The van der Waals surface area contributed by atoms with Crippen molar-refractivity contribution in [3.8, 4) is 17.4 Å². The van der Waals surface area contributed by atoms with Crippen LogP contribution in [0.3, 0.4) is 0 Å². The van der Waals surface area contributed by atoms with E-state index >= 15 is 0 Å². The highest BCUT2D eigenvalue weighted by molar-refractivity contribution is 5.97. The second-order valence-electron chi connectivity index (χ2n) is 7.25. The molecule has 0 saturated heterocycles. The van der Waals surface area contributed by atoms with Crippen LogP contribution in [0.2, 0.25) is 0 Å². The van der Waals surface area contributed by atoms with Crippen LogP contribution in [0.25, 0.3) is 27.9 Å². The summed E-state index contributed by atoms with van der Waals surface area (Å²) in [5.41, 5.74) is 1.75. The molecule has 158 valence electrons. The van der Waals surface area contributed by atoms with Gasteiger partial charge >= 0.3 is 0 Å². The third-order valence-corrected chi connectivity index (χ3v) is 4.98. The molecule has 0 saturated carbocycles. The Morgan fingerprint density at radius 3 is 2.72 bits per heavy atom. The minimum Gasteiger partial charge on any atom is -0.458 e. The van der Waals surface area contributed by atoms with Crippen LogP contribution in [-0.2, 0) is 7.05 Å². The lowest BCUT2D eigenvalue weighted by Gasteiger charge is -2.15. The molecule has 1 unspecified atom stereocenters. The van der Waals surface area contributed by atoms with E-state index in [0.717, 1.165) is 10.8 Å². The van der Waals surface area contributed by atoms with E-state index in [1.165, 1.54) is 6.33 Å². The Morgan fingerprint density at radius 2 is 2.00 bits per heavy atom. The van der Waals surface area contributed by atoms with Crippen LogP contribution in [0.4, 0.5) is 0 Å². The molecule has 12 nitrogen and oxygen atoms in total. The quantitative estimate of drug-likeness (QED) is 0.438. The standard InChI is InChI=1S/C20H16N10O2/c1-11-7-14(28-32-11)19-26-25-18-12-5-3-4-6-13(12)20(27-30(18)19)31-16(17-21-9-23-24-17)15-8-29(2)10-22-15/h3-10,16H,1-2H3,(H,21,23,24). The molecule has 5 heterocycles. The lowest BCUT2D eigenvalue weighted by Crippen LogP contribution is -2.14. The Kier molecular flexibility index (Phi) is 3.96. The van der Waals surface area contributed by atoms with E-state index < -0.39 is 6.10 Å². The molecule has 0 aliphatic heterocycles. The number of nitrogens with zero attached hydrogens (tertiary/aromatic N) is 9. The van der Waals surface area contributed by atoms with Crippen molar-refractivity contribution in [3.05, 3.63) is 66.5 Å². The van der Waals surface area contributed by atoms with Gasteiger partial charge < -0.3 is 13.8 Å². The van der Waals surface area contributed by atoms with E-state index in [-0.39, 0.29) is 0 Å². The molecule has 6 aromatic rings. The maximum absolute atomic E-state index is 6.39. The molecule has 0 amide bonds. The molecule has 1 N–H and O–H groups in total. The number of H-pyrrole nitrogens is 1. The maximum Gasteiger partial charge on any atom is 0.241 e. The molecule has 0 spiro atoms. The van der Waals surface area contributed by atoms with Gasteiger partial charge in [0.05, 0.1) is 6.33 Å². The Hall–Kier alpha value is -4.61. The van der Waals surface area contributed by atoms with Crippen molar-refractivity contribution in [2.75, 3.05) is 0 Å². The van der Waals surface area contributed by atoms with Crippen LogP contribution in [0, 0.1) is 6.92 Å². The molecule has 0 aliphatic carbocycles. The van der Waals surface area contributed by atoms with Crippen LogP contribution in [0.5, 0.6) is 5.88 Å². The number of ether oxygens (including phenoxy) is 1. The zero-order valence-electron chi connectivity index (χ0n) is 17.0. The van der Waals surface area contributed by atoms with Gasteiger partial charge in [0.15, 0.2) is 17.2 Å². The second-order valence-corrected chi connectivity index (χ2v) is 7.25. The van der Waals surface area contributed by atoms with Crippen molar-refractivity contribution < 1.29 is 9.26 Å². The summed E-state index contributed by atoms with van der Waals surface area (Å²) in [6, 6.07) is 9.46. The Balaban J connectivity index is 1.55. The number of benzene rings is 1. The summed E-state index contributed by atoms with van der Waals surface area (Å²) in [5.74, 6) is 1.90. The van der Waals surface area contributed by atoms with Gasteiger partial charge in [0.1, 0.15) is 17.8 Å². The van der Waals surface area contributed by atoms with Gasteiger partial charge in [-0.25, -0.2) is 9.97 Å². The molecule has 12 heteroatoms. The van der Waals surface area contributed by atoms with Gasteiger partial charge in [-0.1, -0.05) is 23.4 Å². The van der Waals surface area contributed by atoms with Crippen molar-refractivity contribution in [2.24, 2.45) is 7.05 Å². The van der Waals surface area contributed by atoms with Gasteiger partial charge in [-0.15, -0.1) is 15.3 Å². The van der Waals surface area contributed by atoms with Crippen molar-refractivity contribution in [3.63, 3.8) is 0 Å². The number of hydrogen-bond donors (Lipinski definition) is 1. The first-order chi connectivity index (χ1) is 15.7. The molecule has 6 rings (SSSR count). The summed E-state index contributed by atoms with van der Waals surface area (Å²) in [6.45, 7) is 1.81. The average molecular weight is 428 g/mol. The first-order valence-corrected chi connectivity index (χ1v) is 9.75. The van der Waals surface area contributed by atoms with Crippen molar-refractivity contribution in [1.29, 1.82) is 0 Å². The second kappa shape index (κ2) is 6.97. The van der Waals surface area contributed by atoms with Gasteiger partial charge in [-0.2, -0.15) is 9.61 Å². The van der Waals surface area contributed by atoms with Crippen LogP contribution in [0.1, 0.15) is 23.4 Å². The number of aryl methyl sites for hydroxylation is 2. The zero-order chi connectivity index (χ0) is 21.7. The van der Waals surface area contributed by atoms with Gasteiger partial charge in [-0.05, 0) is 13.0 Å². The van der Waals surface area contributed by atoms with Gasteiger partial charge in [0.2, 0.25) is 17.8 Å². The predicted octanol–water partition coefficient (Wildman–Crippen LogP) is 2.26. The third kappa shape index (κ3) is 2.88. The topological polar surface area (TPSA) is 138 Å². The largest absolute Gasteiger partial charge is 0.458 e. The highest BCUT2D eigenvalue weighted by atomic mass is 16.5. The highest BCUT2D eigenvalue weighted by Crippen LogP contribution is 2.32. The highest BCUT2D eigenvalue weighted by Gasteiger charge is 2.26. The van der Waals surface area contributed by atoms with Crippen molar-refractivity contribution in [2.45, 2.75) is 13.0 Å². The number of aromatic amines is 1. The summed E-state index contributed by atoms with van der Waals surface area (Å²) in [4.78, 5) is 8.71. The maximum atomic E-state index is 6.39. The average Bonchev–Trinajstić information content (AvgIpc) is 3.59. The van der Waals surface area contributed by atoms with E-state index in [4.69, 9.17) is 14.4 Å². The van der Waals surface area contributed by atoms with Crippen molar-refractivity contribution >= 4 is 16.4 Å². The number of aromatic nitrogens is 10. The zero-order valence-corrected chi connectivity index (χ0v) is 17.0. The van der Waals surface area contributed by atoms with E-state index in [1.54, 1.807) is 16.9 Å². The normalized spacial score (nSPS) is 12.6. The van der Waals surface area contributed by atoms with Crippen LogP contribution < -0.4 is 4.74 Å².